The minimum atomic E-state index is 0.415. The highest BCUT2D eigenvalue weighted by Gasteiger charge is 2.09. The molecular weight excluding hydrogens is 244 g/mol. The van der Waals surface area contributed by atoms with Gasteiger partial charge in [-0.1, -0.05) is 15.9 Å². The molecule has 0 saturated carbocycles. The van der Waals surface area contributed by atoms with Crippen LogP contribution in [0, 0.1) is 0 Å². The van der Waals surface area contributed by atoms with E-state index in [1.807, 2.05) is 0 Å². The lowest BCUT2D eigenvalue weighted by atomic mass is 10.5. The average molecular weight is 247 g/mol. The van der Waals surface area contributed by atoms with Gasteiger partial charge in [0.25, 0.3) is 5.89 Å². The Kier molecular flexibility index (Phi) is 2.13. The van der Waals surface area contributed by atoms with Crippen LogP contribution in [-0.2, 0) is 5.33 Å². The first-order valence-electron chi connectivity index (χ1n) is 3.06. The topological polar surface area (TPSA) is 64.7 Å². The maximum absolute atomic E-state index is 5.21. The molecule has 0 fully saturated rings. The number of aromatic nitrogens is 4. The second-order valence-electron chi connectivity index (χ2n) is 1.93. The molecule has 0 N–H and O–H groups in total. The zero-order chi connectivity index (χ0) is 8.39. The van der Waals surface area contributed by atoms with E-state index in [0.717, 1.165) is 11.7 Å². The molecule has 2 aromatic heterocycles. The summed E-state index contributed by atoms with van der Waals surface area (Å²) < 4.78 is 13.0. The molecule has 0 amide bonds. The average Bonchev–Trinajstić information content (AvgIpc) is 2.75. The molecule has 2 heterocycles. The van der Waals surface area contributed by atoms with Crippen LogP contribution in [0.1, 0.15) is 5.89 Å². The summed E-state index contributed by atoms with van der Waals surface area (Å²) in [4.78, 5) is 0. The van der Waals surface area contributed by atoms with Crippen LogP contribution in [0.5, 0.6) is 0 Å². The SMILES string of the molecule is BrCc1nnc(-c2cnsn2)o1. The Morgan fingerprint density at radius 3 is 3.00 bits per heavy atom. The highest BCUT2D eigenvalue weighted by molar-refractivity contribution is 9.08. The first kappa shape index (κ1) is 7.81. The number of rotatable bonds is 2. The van der Waals surface area contributed by atoms with E-state index in [1.54, 1.807) is 6.20 Å². The quantitative estimate of drug-likeness (QED) is 0.752. The first-order chi connectivity index (χ1) is 5.90. The minimum absolute atomic E-state index is 0.415. The maximum atomic E-state index is 5.21. The van der Waals surface area contributed by atoms with Gasteiger partial charge in [-0.3, -0.25) is 0 Å². The standard InChI is InChI=1S/C5H3BrN4OS/c6-1-4-8-9-5(11-4)3-2-7-12-10-3/h2H,1H2. The zero-order valence-electron chi connectivity index (χ0n) is 5.77. The van der Waals surface area contributed by atoms with Crippen molar-refractivity contribution < 1.29 is 4.42 Å². The fourth-order valence-electron chi connectivity index (χ4n) is 0.670. The van der Waals surface area contributed by atoms with Gasteiger partial charge in [0.2, 0.25) is 5.89 Å². The van der Waals surface area contributed by atoms with Crippen molar-refractivity contribution in [2.24, 2.45) is 0 Å². The molecule has 2 aromatic rings. The van der Waals surface area contributed by atoms with Crippen LogP contribution in [0.4, 0.5) is 0 Å². The lowest BCUT2D eigenvalue weighted by Gasteiger charge is -1.81. The smallest absolute Gasteiger partial charge is 0.269 e. The zero-order valence-corrected chi connectivity index (χ0v) is 8.17. The van der Waals surface area contributed by atoms with Crippen molar-refractivity contribution >= 4 is 27.7 Å². The van der Waals surface area contributed by atoms with Gasteiger partial charge in [0.15, 0.2) is 5.69 Å². The molecule has 0 bridgehead atoms. The van der Waals surface area contributed by atoms with E-state index < -0.39 is 0 Å². The third kappa shape index (κ3) is 1.37. The molecule has 0 aliphatic carbocycles. The number of hydrogen-bond acceptors (Lipinski definition) is 6. The lowest BCUT2D eigenvalue weighted by molar-refractivity contribution is 0.528. The summed E-state index contributed by atoms with van der Waals surface area (Å²) in [6, 6.07) is 0. The van der Waals surface area contributed by atoms with Gasteiger partial charge in [-0.2, -0.15) is 8.75 Å². The number of halogens is 1. The molecule has 0 aromatic carbocycles. The number of nitrogens with zero attached hydrogens (tertiary/aromatic N) is 4. The molecule has 0 spiro atoms. The van der Waals surface area contributed by atoms with Gasteiger partial charge in [0, 0.05) is 0 Å². The molecule has 0 radical (unpaired) electrons. The Morgan fingerprint density at radius 2 is 2.42 bits per heavy atom. The molecule has 7 heteroatoms. The van der Waals surface area contributed by atoms with Crippen molar-refractivity contribution in [2.75, 3.05) is 0 Å². The fraction of sp³-hybridized carbons (Fsp3) is 0.200. The van der Waals surface area contributed by atoms with Crippen molar-refractivity contribution in [3.05, 3.63) is 12.1 Å². The molecular formula is C5H3BrN4OS. The van der Waals surface area contributed by atoms with Crippen LogP contribution in [0.3, 0.4) is 0 Å². The summed E-state index contributed by atoms with van der Waals surface area (Å²) in [7, 11) is 0. The predicted octanol–water partition coefficient (Wildman–Crippen LogP) is 1.48. The summed E-state index contributed by atoms with van der Waals surface area (Å²) in [5.74, 6) is 0.955. The number of hydrogen-bond donors (Lipinski definition) is 0. The van der Waals surface area contributed by atoms with Gasteiger partial charge in [-0.05, 0) is 0 Å². The Labute approximate surface area is 80.3 Å². The van der Waals surface area contributed by atoms with E-state index in [0.29, 0.717) is 22.8 Å². The first-order valence-corrected chi connectivity index (χ1v) is 4.91. The van der Waals surface area contributed by atoms with E-state index in [9.17, 15) is 0 Å². The second kappa shape index (κ2) is 3.28. The summed E-state index contributed by atoms with van der Waals surface area (Å²) in [5.41, 5.74) is 0.625. The van der Waals surface area contributed by atoms with Crippen LogP contribution >= 0.6 is 27.7 Å². The minimum Gasteiger partial charge on any atom is -0.418 e. The van der Waals surface area contributed by atoms with Gasteiger partial charge in [-0.25, -0.2) is 0 Å². The van der Waals surface area contributed by atoms with Crippen LogP contribution < -0.4 is 0 Å². The van der Waals surface area contributed by atoms with Gasteiger partial charge < -0.3 is 4.42 Å². The summed E-state index contributed by atoms with van der Waals surface area (Å²) >= 11 is 4.32. The van der Waals surface area contributed by atoms with Crippen LogP contribution in [0.15, 0.2) is 10.6 Å². The molecule has 5 nitrogen and oxygen atoms in total. The van der Waals surface area contributed by atoms with Crippen molar-refractivity contribution in [3.8, 4) is 11.6 Å². The fourth-order valence-corrected chi connectivity index (χ4v) is 1.30. The van der Waals surface area contributed by atoms with E-state index >= 15 is 0 Å². The van der Waals surface area contributed by atoms with Gasteiger partial charge in [-0.15, -0.1) is 10.2 Å². The van der Waals surface area contributed by atoms with Gasteiger partial charge in [0.05, 0.1) is 23.3 Å². The van der Waals surface area contributed by atoms with Crippen LogP contribution in [0.25, 0.3) is 11.6 Å². The van der Waals surface area contributed by atoms with Crippen LogP contribution in [0.2, 0.25) is 0 Å². The molecule has 62 valence electrons. The highest BCUT2D eigenvalue weighted by atomic mass is 79.9. The molecule has 12 heavy (non-hydrogen) atoms. The normalized spacial score (nSPS) is 10.4. The van der Waals surface area contributed by atoms with Crippen molar-refractivity contribution in [2.45, 2.75) is 5.33 Å². The molecule has 0 aliphatic rings. The monoisotopic (exact) mass is 246 g/mol. The van der Waals surface area contributed by atoms with Crippen molar-refractivity contribution in [3.63, 3.8) is 0 Å². The summed E-state index contributed by atoms with van der Waals surface area (Å²) in [5, 5.41) is 8.10. The van der Waals surface area contributed by atoms with E-state index in [-0.39, 0.29) is 0 Å². The lowest BCUT2D eigenvalue weighted by Crippen LogP contribution is -1.75. The summed E-state index contributed by atoms with van der Waals surface area (Å²) in [6.07, 6.45) is 1.59. The molecule has 0 unspecified atom stereocenters. The predicted molar refractivity (Wildman–Crippen MR) is 45.8 cm³/mol. The highest BCUT2D eigenvalue weighted by Crippen LogP contribution is 2.15. The molecule has 0 aliphatic heterocycles. The van der Waals surface area contributed by atoms with E-state index in [2.05, 4.69) is 34.9 Å². The largest absolute Gasteiger partial charge is 0.418 e. The van der Waals surface area contributed by atoms with E-state index in [1.165, 1.54) is 0 Å². The van der Waals surface area contributed by atoms with Crippen molar-refractivity contribution in [1.82, 2.24) is 18.9 Å². The Morgan fingerprint density at radius 1 is 1.50 bits per heavy atom. The number of alkyl halides is 1. The molecule has 2 rings (SSSR count). The Balaban J connectivity index is 2.35. The molecule has 0 atom stereocenters. The van der Waals surface area contributed by atoms with Gasteiger partial charge in [0.1, 0.15) is 0 Å². The third-order valence-corrected chi connectivity index (χ3v) is 2.12. The maximum Gasteiger partial charge on any atom is 0.269 e. The second-order valence-corrected chi connectivity index (χ2v) is 3.04. The summed E-state index contributed by atoms with van der Waals surface area (Å²) in [6.45, 7) is 0. The third-order valence-electron chi connectivity index (χ3n) is 1.16. The molecule has 0 saturated heterocycles. The van der Waals surface area contributed by atoms with Crippen LogP contribution in [-0.4, -0.2) is 18.9 Å². The van der Waals surface area contributed by atoms with E-state index in [4.69, 9.17) is 4.42 Å². The Hall–Kier alpha value is -0.820. The Bertz CT molecular complexity index is 359. The van der Waals surface area contributed by atoms with Crippen molar-refractivity contribution in [1.29, 1.82) is 0 Å². The van der Waals surface area contributed by atoms with Gasteiger partial charge >= 0.3 is 0 Å².